The molecule has 0 rings (SSSR count). The summed E-state index contributed by atoms with van der Waals surface area (Å²) in [5.41, 5.74) is 0. The first kappa shape index (κ1) is 18.7. The minimum absolute atomic E-state index is 0.235. The topological polar surface area (TPSA) is 57.5 Å². The van der Waals surface area contributed by atoms with Crippen LogP contribution < -0.4 is 0 Å². The maximum atomic E-state index is 10.3. The summed E-state index contributed by atoms with van der Waals surface area (Å²) in [6, 6.07) is 0. The standard InChI is InChI=1S/C17H28O3/c1-2-3-10-13-16(18)14-11-8-6-4-5-7-9-12-15-17(19)20/h5-8,11,14,16,18H,2-4,9-10,12-13,15H2,1H3,(H,19,20)/b7-5+,8-6-,14-11+/t16-/m0/s1. The molecule has 0 unspecified atom stereocenters. The van der Waals surface area contributed by atoms with E-state index in [1.165, 1.54) is 12.8 Å². The van der Waals surface area contributed by atoms with Crippen molar-refractivity contribution in [2.24, 2.45) is 0 Å². The van der Waals surface area contributed by atoms with Crippen LogP contribution in [0.2, 0.25) is 0 Å². The Morgan fingerprint density at radius 2 is 1.90 bits per heavy atom. The Bertz CT molecular complexity index is 316. The first-order chi connectivity index (χ1) is 9.66. The van der Waals surface area contributed by atoms with Crippen LogP contribution in [-0.4, -0.2) is 22.3 Å². The number of aliphatic hydroxyl groups is 1. The number of hydrogen-bond acceptors (Lipinski definition) is 2. The largest absolute Gasteiger partial charge is 0.481 e. The number of aliphatic hydroxyl groups excluding tert-OH is 1. The Morgan fingerprint density at radius 1 is 1.10 bits per heavy atom. The minimum Gasteiger partial charge on any atom is -0.481 e. The molecule has 0 saturated heterocycles. The van der Waals surface area contributed by atoms with Crippen molar-refractivity contribution in [2.75, 3.05) is 0 Å². The van der Waals surface area contributed by atoms with E-state index in [2.05, 4.69) is 6.92 Å². The van der Waals surface area contributed by atoms with Crippen molar-refractivity contribution in [1.29, 1.82) is 0 Å². The smallest absolute Gasteiger partial charge is 0.303 e. The van der Waals surface area contributed by atoms with E-state index in [0.29, 0.717) is 6.42 Å². The van der Waals surface area contributed by atoms with Crippen molar-refractivity contribution in [3.63, 3.8) is 0 Å². The fourth-order valence-electron chi connectivity index (χ4n) is 1.71. The molecule has 0 aliphatic carbocycles. The first-order valence-electron chi connectivity index (χ1n) is 7.55. The molecule has 0 fully saturated rings. The van der Waals surface area contributed by atoms with Gasteiger partial charge in [0.25, 0.3) is 0 Å². The van der Waals surface area contributed by atoms with E-state index in [4.69, 9.17) is 5.11 Å². The molecule has 0 heterocycles. The Labute approximate surface area is 122 Å². The summed E-state index contributed by atoms with van der Waals surface area (Å²) in [4.78, 5) is 10.3. The lowest BCUT2D eigenvalue weighted by Crippen LogP contribution is -2.00. The summed E-state index contributed by atoms with van der Waals surface area (Å²) in [7, 11) is 0. The van der Waals surface area contributed by atoms with Crippen molar-refractivity contribution < 1.29 is 15.0 Å². The second kappa shape index (κ2) is 14.1. The second-order valence-corrected chi connectivity index (χ2v) is 4.87. The average Bonchev–Trinajstić information content (AvgIpc) is 2.41. The number of aliphatic carboxylic acids is 1. The number of rotatable bonds is 12. The van der Waals surface area contributed by atoms with Gasteiger partial charge in [0.2, 0.25) is 0 Å². The van der Waals surface area contributed by atoms with Crippen molar-refractivity contribution in [1.82, 2.24) is 0 Å². The third-order valence-electron chi connectivity index (χ3n) is 2.88. The van der Waals surface area contributed by atoms with E-state index < -0.39 is 5.97 Å². The van der Waals surface area contributed by atoms with Crippen LogP contribution in [-0.2, 0) is 4.79 Å². The summed E-state index contributed by atoms with van der Waals surface area (Å²) in [6.07, 6.45) is 18.2. The molecular formula is C17H28O3. The van der Waals surface area contributed by atoms with Crippen molar-refractivity contribution in [3.05, 3.63) is 36.5 Å². The lowest BCUT2D eigenvalue weighted by atomic mass is 10.1. The second-order valence-electron chi connectivity index (χ2n) is 4.87. The van der Waals surface area contributed by atoms with Crippen LogP contribution in [0.1, 0.15) is 58.3 Å². The van der Waals surface area contributed by atoms with Gasteiger partial charge < -0.3 is 10.2 Å². The lowest BCUT2D eigenvalue weighted by Gasteiger charge is -2.02. The fraction of sp³-hybridized carbons (Fsp3) is 0.588. The van der Waals surface area contributed by atoms with E-state index in [-0.39, 0.29) is 12.5 Å². The highest BCUT2D eigenvalue weighted by atomic mass is 16.4. The number of allylic oxidation sites excluding steroid dienone is 5. The van der Waals surface area contributed by atoms with Crippen molar-refractivity contribution in [3.8, 4) is 0 Å². The van der Waals surface area contributed by atoms with Gasteiger partial charge in [-0.2, -0.15) is 0 Å². The van der Waals surface area contributed by atoms with Gasteiger partial charge in [0.05, 0.1) is 6.10 Å². The monoisotopic (exact) mass is 280 g/mol. The molecule has 0 aliphatic heterocycles. The van der Waals surface area contributed by atoms with Gasteiger partial charge in [0, 0.05) is 6.42 Å². The molecule has 0 aromatic rings. The van der Waals surface area contributed by atoms with Gasteiger partial charge in [0.15, 0.2) is 0 Å². The summed E-state index contributed by atoms with van der Waals surface area (Å²) in [5, 5.41) is 18.1. The number of carboxylic acid groups (broad SMARTS) is 1. The van der Waals surface area contributed by atoms with Gasteiger partial charge >= 0.3 is 5.97 Å². The maximum Gasteiger partial charge on any atom is 0.303 e. The quantitative estimate of drug-likeness (QED) is 0.319. The summed E-state index contributed by atoms with van der Waals surface area (Å²) in [5.74, 6) is -0.735. The van der Waals surface area contributed by atoms with Crippen molar-refractivity contribution >= 4 is 5.97 Å². The van der Waals surface area contributed by atoms with E-state index in [1.54, 1.807) is 0 Å². The predicted octanol–water partition coefficient (Wildman–Crippen LogP) is 4.24. The predicted molar refractivity (Wildman–Crippen MR) is 83.7 cm³/mol. The SMILES string of the molecule is CCCCC[C@H](O)/C=C/C=C\C/C=C/CCCC(=O)O. The average molecular weight is 280 g/mol. The highest BCUT2D eigenvalue weighted by molar-refractivity contribution is 5.66. The van der Waals surface area contributed by atoms with E-state index in [0.717, 1.165) is 25.7 Å². The van der Waals surface area contributed by atoms with Gasteiger partial charge in [-0.3, -0.25) is 4.79 Å². The Hall–Kier alpha value is -1.35. The van der Waals surface area contributed by atoms with Crippen LogP contribution in [0.4, 0.5) is 0 Å². The van der Waals surface area contributed by atoms with E-state index >= 15 is 0 Å². The molecule has 0 aliphatic rings. The van der Waals surface area contributed by atoms with Gasteiger partial charge in [0.1, 0.15) is 0 Å². The molecule has 3 nitrogen and oxygen atoms in total. The molecule has 0 aromatic heterocycles. The highest BCUT2D eigenvalue weighted by Crippen LogP contribution is 2.04. The van der Waals surface area contributed by atoms with Crippen LogP contribution in [0.5, 0.6) is 0 Å². The molecule has 114 valence electrons. The van der Waals surface area contributed by atoms with E-state index in [1.807, 2.05) is 36.5 Å². The normalized spacial score (nSPS) is 13.7. The molecule has 0 saturated carbocycles. The molecular weight excluding hydrogens is 252 g/mol. The zero-order valence-electron chi connectivity index (χ0n) is 12.5. The first-order valence-corrected chi connectivity index (χ1v) is 7.55. The Kier molecular flexibility index (Phi) is 13.1. The molecule has 0 amide bonds. The molecule has 20 heavy (non-hydrogen) atoms. The van der Waals surface area contributed by atoms with Crippen LogP contribution in [0.3, 0.4) is 0 Å². The third-order valence-corrected chi connectivity index (χ3v) is 2.88. The number of unbranched alkanes of at least 4 members (excludes halogenated alkanes) is 3. The van der Waals surface area contributed by atoms with Crippen LogP contribution in [0.25, 0.3) is 0 Å². The number of hydrogen-bond donors (Lipinski definition) is 2. The van der Waals surface area contributed by atoms with Crippen LogP contribution >= 0.6 is 0 Å². The highest BCUT2D eigenvalue weighted by Gasteiger charge is 1.96. The molecule has 0 aromatic carbocycles. The van der Waals surface area contributed by atoms with E-state index in [9.17, 15) is 9.90 Å². The van der Waals surface area contributed by atoms with Crippen LogP contribution in [0, 0.1) is 0 Å². The fourth-order valence-corrected chi connectivity index (χ4v) is 1.71. The molecule has 0 radical (unpaired) electrons. The van der Waals surface area contributed by atoms with Gasteiger partial charge in [-0.05, 0) is 25.7 Å². The number of carboxylic acids is 1. The minimum atomic E-state index is -0.735. The summed E-state index contributed by atoms with van der Waals surface area (Å²) >= 11 is 0. The molecule has 3 heteroatoms. The molecule has 1 atom stereocenters. The molecule has 0 spiro atoms. The van der Waals surface area contributed by atoms with Gasteiger partial charge in [-0.25, -0.2) is 0 Å². The Morgan fingerprint density at radius 3 is 2.60 bits per heavy atom. The molecule has 0 bridgehead atoms. The zero-order chi connectivity index (χ0) is 15.1. The van der Waals surface area contributed by atoms with Gasteiger partial charge in [-0.15, -0.1) is 0 Å². The zero-order valence-corrected chi connectivity index (χ0v) is 12.5. The maximum absolute atomic E-state index is 10.3. The summed E-state index contributed by atoms with van der Waals surface area (Å²) in [6.45, 7) is 2.15. The Balaban J connectivity index is 3.54. The molecule has 2 N–H and O–H groups in total. The lowest BCUT2D eigenvalue weighted by molar-refractivity contribution is -0.137. The third kappa shape index (κ3) is 14.7. The number of carbonyl (C=O) groups is 1. The van der Waals surface area contributed by atoms with Crippen LogP contribution in [0.15, 0.2) is 36.5 Å². The summed E-state index contributed by atoms with van der Waals surface area (Å²) < 4.78 is 0. The van der Waals surface area contributed by atoms with Gasteiger partial charge in [-0.1, -0.05) is 62.6 Å². The van der Waals surface area contributed by atoms with Crippen molar-refractivity contribution in [2.45, 2.75) is 64.4 Å².